The molecule has 1 N–H and O–H groups in total. The molecule has 2 aliphatic carbocycles. The van der Waals surface area contributed by atoms with Crippen molar-refractivity contribution in [3.8, 4) is 5.75 Å². The molecule has 6 heteroatoms. The molecule has 6 nitrogen and oxygen atoms in total. The Morgan fingerprint density at radius 3 is 2.39 bits per heavy atom. The van der Waals surface area contributed by atoms with Crippen LogP contribution in [0.2, 0.25) is 0 Å². The molecular formula is C32H33NO5. The van der Waals surface area contributed by atoms with Crippen LogP contribution in [0.5, 0.6) is 5.75 Å². The van der Waals surface area contributed by atoms with Crippen LogP contribution in [0.1, 0.15) is 53.2 Å². The normalized spacial score (nSPS) is 24.3. The quantitative estimate of drug-likeness (QED) is 0.434. The zero-order chi connectivity index (χ0) is 26.2. The van der Waals surface area contributed by atoms with Gasteiger partial charge < -0.3 is 19.5 Å². The Hall–Kier alpha value is -3.64. The standard InChI is InChI=1S/C32H33NO5/c1-20-12-13-24-18-33(27(32(35)36)17-26(24)29(20)37-19-21-8-4-2-5-9-21)31(34)30(22-10-6-3-7-11-22)38-28-15-14-23-16-25(23)28/h2-13,23,25,27-28,30H,14-19H2,1H3,(H,35,36)/t23-,25+,27+,28+,30+/m0/s1. The molecule has 0 spiro atoms. The maximum absolute atomic E-state index is 14.1. The van der Waals surface area contributed by atoms with E-state index in [0.29, 0.717) is 18.3 Å². The van der Waals surface area contributed by atoms with Crippen LogP contribution in [0, 0.1) is 18.8 Å². The number of carbonyl (C=O) groups is 2. The zero-order valence-electron chi connectivity index (χ0n) is 21.6. The predicted octanol–water partition coefficient (Wildman–Crippen LogP) is 5.47. The number of carboxylic acid groups (broad SMARTS) is 1. The van der Waals surface area contributed by atoms with Crippen molar-refractivity contribution in [3.05, 3.63) is 101 Å². The van der Waals surface area contributed by atoms with Gasteiger partial charge >= 0.3 is 5.97 Å². The molecule has 1 amide bonds. The smallest absolute Gasteiger partial charge is 0.326 e. The van der Waals surface area contributed by atoms with E-state index in [1.807, 2.05) is 79.7 Å². The highest BCUT2D eigenvalue weighted by Crippen LogP contribution is 2.54. The zero-order valence-corrected chi connectivity index (χ0v) is 21.6. The molecule has 0 saturated heterocycles. The summed E-state index contributed by atoms with van der Waals surface area (Å²) in [6.07, 6.45) is 2.69. The molecule has 0 aromatic heterocycles. The second kappa shape index (κ2) is 10.3. The van der Waals surface area contributed by atoms with Crippen LogP contribution in [0.25, 0.3) is 0 Å². The summed E-state index contributed by atoms with van der Waals surface area (Å²) in [4.78, 5) is 28.1. The van der Waals surface area contributed by atoms with Crippen LogP contribution in [-0.4, -0.2) is 34.0 Å². The van der Waals surface area contributed by atoms with E-state index < -0.39 is 18.1 Å². The van der Waals surface area contributed by atoms with E-state index >= 15 is 0 Å². The Balaban J connectivity index is 1.29. The molecule has 5 atom stereocenters. The Kier molecular flexibility index (Phi) is 6.66. The fraction of sp³-hybridized carbons (Fsp3) is 0.375. The summed E-state index contributed by atoms with van der Waals surface area (Å²) in [5.74, 6) is 0.655. The molecule has 1 aliphatic heterocycles. The topological polar surface area (TPSA) is 76.1 Å². The van der Waals surface area contributed by atoms with Crippen LogP contribution in [0.15, 0.2) is 72.8 Å². The first-order valence-corrected chi connectivity index (χ1v) is 13.5. The van der Waals surface area contributed by atoms with Crippen molar-refractivity contribution < 1.29 is 24.2 Å². The molecule has 2 saturated carbocycles. The maximum atomic E-state index is 14.1. The number of carboxylic acids is 1. The van der Waals surface area contributed by atoms with Crippen LogP contribution in [0.3, 0.4) is 0 Å². The molecular weight excluding hydrogens is 478 g/mol. The van der Waals surface area contributed by atoms with Gasteiger partial charge in [-0.15, -0.1) is 0 Å². The maximum Gasteiger partial charge on any atom is 0.326 e. The minimum absolute atomic E-state index is 0.0511. The van der Waals surface area contributed by atoms with Crippen molar-refractivity contribution in [2.45, 2.75) is 64.0 Å². The fourth-order valence-corrected chi connectivity index (χ4v) is 6.19. The summed E-state index contributed by atoms with van der Waals surface area (Å²) in [7, 11) is 0. The Labute approximate surface area is 223 Å². The van der Waals surface area contributed by atoms with Crippen LogP contribution in [-0.2, 0) is 33.9 Å². The lowest BCUT2D eigenvalue weighted by molar-refractivity contribution is -0.160. The lowest BCUT2D eigenvalue weighted by Crippen LogP contribution is -2.51. The third-order valence-corrected chi connectivity index (χ3v) is 8.38. The van der Waals surface area contributed by atoms with E-state index in [1.165, 1.54) is 11.3 Å². The van der Waals surface area contributed by atoms with Crippen molar-refractivity contribution in [3.63, 3.8) is 0 Å². The minimum atomic E-state index is -1.02. The molecule has 1 heterocycles. The Morgan fingerprint density at radius 1 is 1.00 bits per heavy atom. The van der Waals surface area contributed by atoms with Crippen LogP contribution < -0.4 is 4.74 Å². The molecule has 0 radical (unpaired) electrons. The number of aryl methyl sites for hydroxylation is 1. The first kappa shape index (κ1) is 24.7. The summed E-state index contributed by atoms with van der Waals surface area (Å²) < 4.78 is 12.7. The van der Waals surface area contributed by atoms with E-state index in [0.717, 1.165) is 46.6 Å². The average Bonchev–Trinajstić information content (AvgIpc) is 3.62. The van der Waals surface area contributed by atoms with Crippen LogP contribution in [0.4, 0.5) is 0 Å². The van der Waals surface area contributed by atoms with Crippen molar-refractivity contribution in [2.75, 3.05) is 0 Å². The van der Waals surface area contributed by atoms with Crippen molar-refractivity contribution in [2.24, 2.45) is 11.8 Å². The number of fused-ring (bicyclic) bond motifs is 2. The lowest BCUT2D eigenvalue weighted by atomic mass is 9.90. The first-order chi connectivity index (χ1) is 18.5. The van der Waals surface area contributed by atoms with E-state index in [1.54, 1.807) is 0 Å². The number of nitrogens with zero attached hydrogens (tertiary/aromatic N) is 1. The number of hydrogen-bond donors (Lipinski definition) is 1. The summed E-state index contributed by atoms with van der Waals surface area (Å²) >= 11 is 0. The summed E-state index contributed by atoms with van der Waals surface area (Å²) in [6.45, 7) is 2.57. The lowest BCUT2D eigenvalue weighted by Gasteiger charge is -2.38. The summed E-state index contributed by atoms with van der Waals surface area (Å²) in [5.41, 5.74) is 4.55. The van der Waals surface area contributed by atoms with Gasteiger partial charge in [0.25, 0.3) is 5.91 Å². The minimum Gasteiger partial charge on any atom is -0.488 e. The van der Waals surface area contributed by atoms with Gasteiger partial charge in [0.05, 0.1) is 6.10 Å². The number of aliphatic carboxylic acids is 1. The monoisotopic (exact) mass is 511 g/mol. The average molecular weight is 512 g/mol. The highest BCUT2D eigenvalue weighted by atomic mass is 16.5. The third-order valence-electron chi connectivity index (χ3n) is 8.38. The van der Waals surface area contributed by atoms with Gasteiger partial charge in [0.2, 0.25) is 0 Å². The highest BCUT2D eigenvalue weighted by molar-refractivity contribution is 5.88. The molecule has 0 bridgehead atoms. The van der Waals surface area contributed by atoms with Gasteiger partial charge in [-0.3, -0.25) is 4.79 Å². The molecule has 3 aromatic carbocycles. The van der Waals surface area contributed by atoms with E-state index in [9.17, 15) is 14.7 Å². The number of rotatable bonds is 8. The van der Waals surface area contributed by atoms with Gasteiger partial charge in [0.15, 0.2) is 6.10 Å². The van der Waals surface area contributed by atoms with E-state index in [2.05, 4.69) is 0 Å². The van der Waals surface area contributed by atoms with Gasteiger partial charge in [-0.2, -0.15) is 0 Å². The van der Waals surface area contributed by atoms with E-state index in [-0.39, 0.29) is 25.0 Å². The third kappa shape index (κ3) is 4.81. The fourth-order valence-electron chi connectivity index (χ4n) is 6.19. The molecule has 3 aliphatic rings. The molecule has 196 valence electrons. The number of benzene rings is 3. The largest absolute Gasteiger partial charge is 0.488 e. The van der Waals surface area contributed by atoms with E-state index in [4.69, 9.17) is 9.47 Å². The number of carbonyl (C=O) groups excluding carboxylic acids is 1. The second-order valence-corrected chi connectivity index (χ2v) is 10.9. The van der Waals surface area contributed by atoms with Crippen molar-refractivity contribution in [1.29, 1.82) is 0 Å². The molecule has 38 heavy (non-hydrogen) atoms. The summed E-state index contributed by atoms with van der Waals surface area (Å²) in [6, 6.07) is 22.4. The molecule has 2 fully saturated rings. The predicted molar refractivity (Wildman–Crippen MR) is 143 cm³/mol. The second-order valence-electron chi connectivity index (χ2n) is 10.9. The molecule has 6 rings (SSSR count). The highest BCUT2D eigenvalue weighted by Gasteiger charge is 2.50. The van der Waals surface area contributed by atoms with Gasteiger partial charge in [0, 0.05) is 18.5 Å². The molecule has 3 aromatic rings. The first-order valence-electron chi connectivity index (χ1n) is 13.5. The molecule has 0 unspecified atom stereocenters. The SMILES string of the molecule is Cc1ccc2c(c1OCc1ccccc1)C[C@H](C(=O)O)N(C(=O)[C@H](O[C@@H]1CC[C@H]3C[C@H]31)c1ccccc1)C2. The Morgan fingerprint density at radius 2 is 1.74 bits per heavy atom. The van der Waals surface area contributed by atoms with Gasteiger partial charge in [0.1, 0.15) is 18.4 Å². The Bertz CT molecular complexity index is 1320. The van der Waals surface area contributed by atoms with Crippen LogP contribution >= 0.6 is 0 Å². The van der Waals surface area contributed by atoms with Crippen molar-refractivity contribution in [1.82, 2.24) is 4.90 Å². The van der Waals surface area contributed by atoms with Gasteiger partial charge in [-0.1, -0.05) is 72.8 Å². The van der Waals surface area contributed by atoms with Gasteiger partial charge in [-0.25, -0.2) is 4.79 Å². The number of amides is 1. The summed E-state index contributed by atoms with van der Waals surface area (Å²) in [5, 5.41) is 10.3. The number of hydrogen-bond acceptors (Lipinski definition) is 4. The number of ether oxygens (including phenoxy) is 2. The van der Waals surface area contributed by atoms with Gasteiger partial charge in [-0.05, 0) is 60.3 Å². The van der Waals surface area contributed by atoms with Crippen molar-refractivity contribution >= 4 is 11.9 Å².